The zero-order valence-electron chi connectivity index (χ0n) is 12.9. The Balaban J connectivity index is 1.46. The Hall–Kier alpha value is -2.21. The molecule has 1 aromatic carbocycles. The molecule has 3 heterocycles. The van der Waals surface area contributed by atoms with E-state index in [9.17, 15) is 4.79 Å². The summed E-state index contributed by atoms with van der Waals surface area (Å²) < 4.78 is 4.75. The summed E-state index contributed by atoms with van der Waals surface area (Å²) in [4.78, 5) is 18.7. The molecular weight excluding hydrogens is 292 g/mol. The summed E-state index contributed by atoms with van der Waals surface area (Å²) in [5.41, 5.74) is 1.58. The zero-order valence-corrected chi connectivity index (χ0v) is 12.9. The van der Waals surface area contributed by atoms with Crippen LogP contribution in [-0.2, 0) is 0 Å². The van der Waals surface area contributed by atoms with Crippen molar-refractivity contribution in [3.63, 3.8) is 0 Å². The van der Waals surface area contributed by atoms with Crippen molar-refractivity contribution >= 4 is 5.91 Å². The summed E-state index contributed by atoms with van der Waals surface area (Å²) in [5.74, 6) is 2.12. The van der Waals surface area contributed by atoms with Gasteiger partial charge in [0.1, 0.15) is 0 Å². The molecule has 2 fully saturated rings. The Morgan fingerprint density at radius 1 is 1.13 bits per heavy atom. The number of amides is 1. The van der Waals surface area contributed by atoms with Crippen LogP contribution in [0.25, 0.3) is 11.4 Å². The minimum absolute atomic E-state index is 0.123. The van der Waals surface area contributed by atoms with Crippen LogP contribution in [0.2, 0.25) is 0 Å². The van der Waals surface area contributed by atoms with E-state index in [2.05, 4.69) is 15.5 Å². The van der Waals surface area contributed by atoms with Gasteiger partial charge >= 0.3 is 0 Å². The average molecular weight is 312 g/mol. The van der Waals surface area contributed by atoms with Gasteiger partial charge in [-0.15, -0.1) is 0 Å². The molecule has 6 nitrogen and oxygen atoms in total. The number of aromatic nitrogens is 2. The summed E-state index contributed by atoms with van der Waals surface area (Å²) in [5, 5.41) is 7.27. The highest BCUT2D eigenvalue weighted by molar-refractivity contribution is 5.94. The molecule has 0 radical (unpaired) electrons. The van der Waals surface area contributed by atoms with E-state index in [1.54, 1.807) is 0 Å². The lowest BCUT2D eigenvalue weighted by Crippen LogP contribution is -2.32. The molecule has 2 aliphatic heterocycles. The first-order valence-corrected chi connectivity index (χ1v) is 8.18. The van der Waals surface area contributed by atoms with E-state index in [1.165, 1.54) is 6.39 Å². The second-order valence-corrected chi connectivity index (χ2v) is 6.38. The van der Waals surface area contributed by atoms with Gasteiger partial charge in [-0.2, -0.15) is 4.98 Å². The van der Waals surface area contributed by atoms with Gasteiger partial charge < -0.3 is 14.7 Å². The lowest BCUT2D eigenvalue weighted by molar-refractivity contribution is 0.0758. The molecule has 6 heteroatoms. The summed E-state index contributed by atoms with van der Waals surface area (Å²) in [6, 6.07) is 7.44. The normalized spacial score (nSPS) is 24.3. The van der Waals surface area contributed by atoms with E-state index in [4.69, 9.17) is 4.52 Å². The number of nitrogens with one attached hydrogen (secondary N) is 1. The fraction of sp³-hybridized carbons (Fsp3) is 0.471. The predicted molar refractivity (Wildman–Crippen MR) is 84.7 cm³/mol. The maximum Gasteiger partial charge on any atom is 0.253 e. The molecule has 0 bridgehead atoms. The minimum Gasteiger partial charge on any atom is -0.342 e. The van der Waals surface area contributed by atoms with Crippen molar-refractivity contribution in [1.29, 1.82) is 0 Å². The van der Waals surface area contributed by atoms with Gasteiger partial charge in [0.15, 0.2) is 0 Å². The van der Waals surface area contributed by atoms with Crippen LogP contribution < -0.4 is 5.32 Å². The Labute approximate surface area is 134 Å². The van der Waals surface area contributed by atoms with Crippen molar-refractivity contribution in [2.24, 2.45) is 11.8 Å². The smallest absolute Gasteiger partial charge is 0.253 e. The number of carbonyl (C=O) groups excluding carboxylic acids is 1. The van der Waals surface area contributed by atoms with Crippen LogP contribution in [0.1, 0.15) is 23.2 Å². The molecule has 2 aliphatic rings. The Morgan fingerprint density at radius 2 is 1.83 bits per heavy atom. The number of benzene rings is 1. The number of fused-ring (bicyclic) bond motifs is 1. The van der Waals surface area contributed by atoms with Gasteiger partial charge in [-0.25, -0.2) is 0 Å². The second-order valence-electron chi connectivity index (χ2n) is 6.38. The van der Waals surface area contributed by atoms with Crippen LogP contribution in [0.15, 0.2) is 35.2 Å². The molecule has 1 amide bonds. The molecule has 1 N–H and O–H groups in total. The van der Waals surface area contributed by atoms with E-state index in [-0.39, 0.29) is 5.91 Å². The molecule has 0 spiro atoms. The van der Waals surface area contributed by atoms with E-state index in [0.29, 0.717) is 5.82 Å². The van der Waals surface area contributed by atoms with Crippen LogP contribution in [0, 0.1) is 11.8 Å². The monoisotopic (exact) mass is 312 g/mol. The Bertz CT molecular complexity index is 654. The van der Waals surface area contributed by atoms with Crippen molar-refractivity contribution in [3.8, 4) is 11.4 Å². The van der Waals surface area contributed by atoms with E-state index in [0.717, 1.165) is 62.0 Å². The number of hydrogen-bond donors (Lipinski definition) is 1. The molecule has 1 aromatic heterocycles. The van der Waals surface area contributed by atoms with Gasteiger partial charge in [0.2, 0.25) is 12.2 Å². The van der Waals surface area contributed by atoms with Gasteiger partial charge in [0.05, 0.1) is 0 Å². The van der Waals surface area contributed by atoms with Gasteiger partial charge in [-0.05, 0) is 49.9 Å². The molecule has 120 valence electrons. The molecular formula is C17H20N4O2. The van der Waals surface area contributed by atoms with Crippen LogP contribution >= 0.6 is 0 Å². The molecule has 2 saturated heterocycles. The first-order valence-electron chi connectivity index (χ1n) is 8.18. The second kappa shape index (κ2) is 6.12. The number of nitrogens with zero attached hydrogens (tertiary/aromatic N) is 3. The zero-order chi connectivity index (χ0) is 15.6. The Kier molecular flexibility index (Phi) is 3.83. The quantitative estimate of drug-likeness (QED) is 0.915. The van der Waals surface area contributed by atoms with Crippen LogP contribution in [-0.4, -0.2) is 47.1 Å². The highest BCUT2D eigenvalue weighted by atomic mass is 16.5. The van der Waals surface area contributed by atoms with E-state index < -0.39 is 0 Å². The third-order valence-corrected chi connectivity index (χ3v) is 5.06. The van der Waals surface area contributed by atoms with Crippen molar-refractivity contribution < 1.29 is 9.32 Å². The Morgan fingerprint density at radius 3 is 2.43 bits per heavy atom. The number of likely N-dealkylation sites (tertiary alicyclic amines) is 1. The summed E-state index contributed by atoms with van der Waals surface area (Å²) in [6.07, 6.45) is 3.51. The maximum atomic E-state index is 12.7. The molecule has 2 aromatic rings. The average Bonchev–Trinajstić information content (AvgIpc) is 3.24. The SMILES string of the molecule is O=C(c1ccc(-c2ncon2)cc1)N1CC[C@@H]2CNC[C@@H]2CC1. The van der Waals surface area contributed by atoms with Crippen LogP contribution in [0.5, 0.6) is 0 Å². The first kappa shape index (κ1) is 14.4. The van der Waals surface area contributed by atoms with Gasteiger partial charge in [-0.3, -0.25) is 4.79 Å². The predicted octanol–water partition coefficient (Wildman–Crippen LogP) is 1.81. The van der Waals surface area contributed by atoms with Gasteiger partial charge in [0, 0.05) is 24.2 Å². The third kappa shape index (κ3) is 2.86. The van der Waals surface area contributed by atoms with Crippen molar-refractivity contribution in [2.45, 2.75) is 12.8 Å². The van der Waals surface area contributed by atoms with Crippen LogP contribution in [0.4, 0.5) is 0 Å². The topological polar surface area (TPSA) is 71.3 Å². The standard InChI is InChI=1S/C17H20N4O2/c22-17(21-7-5-14-9-18-10-15(14)6-8-21)13-3-1-12(2-4-13)16-19-11-23-20-16/h1-4,11,14-15,18H,5-10H2/t14-,15+. The van der Waals surface area contributed by atoms with Crippen molar-refractivity contribution in [3.05, 3.63) is 36.2 Å². The van der Waals surface area contributed by atoms with E-state index >= 15 is 0 Å². The molecule has 23 heavy (non-hydrogen) atoms. The van der Waals surface area contributed by atoms with Gasteiger partial charge in [-0.1, -0.05) is 17.3 Å². The molecule has 2 atom stereocenters. The number of carbonyl (C=O) groups is 1. The third-order valence-electron chi connectivity index (χ3n) is 5.06. The lowest BCUT2D eigenvalue weighted by atomic mass is 9.92. The minimum atomic E-state index is 0.123. The van der Waals surface area contributed by atoms with E-state index in [1.807, 2.05) is 29.2 Å². The van der Waals surface area contributed by atoms with Crippen molar-refractivity contribution in [1.82, 2.24) is 20.4 Å². The molecule has 0 aliphatic carbocycles. The number of hydrogen-bond acceptors (Lipinski definition) is 5. The fourth-order valence-electron chi connectivity index (χ4n) is 3.66. The highest BCUT2D eigenvalue weighted by Gasteiger charge is 2.31. The molecule has 0 saturated carbocycles. The fourth-order valence-corrected chi connectivity index (χ4v) is 3.66. The van der Waals surface area contributed by atoms with Crippen LogP contribution in [0.3, 0.4) is 0 Å². The first-order chi connectivity index (χ1) is 11.3. The summed E-state index contributed by atoms with van der Waals surface area (Å²) in [6.45, 7) is 3.92. The highest BCUT2D eigenvalue weighted by Crippen LogP contribution is 2.27. The van der Waals surface area contributed by atoms with Gasteiger partial charge in [0.25, 0.3) is 5.91 Å². The molecule has 4 rings (SSSR count). The lowest BCUT2D eigenvalue weighted by Gasteiger charge is -2.21. The maximum absolute atomic E-state index is 12.7. The largest absolute Gasteiger partial charge is 0.342 e. The summed E-state index contributed by atoms with van der Waals surface area (Å²) in [7, 11) is 0. The van der Waals surface area contributed by atoms with Crippen molar-refractivity contribution in [2.75, 3.05) is 26.2 Å². The summed E-state index contributed by atoms with van der Waals surface area (Å²) >= 11 is 0. The molecule has 0 unspecified atom stereocenters. The number of rotatable bonds is 2.